The summed E-state index contributed by atoms with van der Waals surface area (Å²) in [5.74, 6) is -1.38. The molecule has 1 rings (SSSR count). The average molecular weight is 212 g/mol. The molecular weight excluding hydrogens is 199 g/mol. The minimum Gasteiger partial charge on any atom is -0.465 e. The molecule has 0 spiro atoms. The van der Waals surface area contributed by atoms with Gasteiger partial charge in [-0.25, -0.2) is 9.18 Å². The van der Waals surface area contributed by atoms with E-state index in [0.717, 1.165) is 6.07 Å². The van der Waals surface area contributed by atoms with Gasteiger partial charge in [0.1, 0.15) is 5.82 Å². The molecule has 0 amide bonds. The molecule has 1 aromatic rings. The molecule has 82 valence electrons. The number of esters is 1. The van der Waals surface area contributed by atoms with Gasteiger partial charge in [0, 0.05) is 0 Å². The summed E-state index contributed by atoms with van der Waals surface area (Å²) in [5, 5.41) is 9.28. The Balaban J connectivity index is 3.27. The van der Waals surface area contributed by atoms with Gasteiger partial charge in [0.25, 0.3) is 0 Å². The number of carbonyl (C=O) groups excluding carboxylic acids is 1. The van der Waals surface area contributed by atoms with Crippen LogP contribution in [0, 0.1) is 12.7 Å². The lowest BCUT2D eigenvalue weighted by atomic mass is 10.0. The van der Waals surface area contributed by atoms with Crippen LogP contribution in [0.3, 0.4) is 0 Å². The Hall–Kier alpha value is -1.42. The number of aliphatic hydroxyl groups is 1. The quantitative estimate of drug-likeness (QED) is 0.762. The molecule has 0 bridgehead atoms. The second-order valence-corrected chi connectivity index (χ2v) is 3.36. The number of aryl methyl sites for hydroxylation is 1. The molecule has 1 aromatic carbocycles. The number of rotatable bonds is 2. The van der Waals surface area contributed by atoms with Crippen LogP contribution in [0.4, 0.5) is 4.39 Å². The number of ether oxygens (including phenoxy) is 1. The van der Waals surface area contributed by atoms with Gasteiger partial charge in [-0.15, -0.1) is 0 Å². The third-order valence-corrected chi connectivity index (χ3v) is 2.18. The first-order valence-electron chi connectivity index (χ1n) is 4.53. The number of aliphatic hydroxyl groups excluding tert-OH is 1. The van der Waals surface area contributed by atoms with Crippen molar-refractivity contribution in [2.75, 3.05) is 7.11 Å². The van der Waals surface area contributed by atoms with Crippen molar-refractivity contribution < 1.29 is 19.0 Å². The van der Waals surface area contributed by atoms with E-state index in [2.05, 4.69) is 4.74 Å². The summed E-state index contributed by atoms with van der Waals surface area (Å²) in [4.78, 5) is 11.2. The SMILES string of the molecule is COC(=O)c1c(C)cc(C(C)O)cc1F. The number of carbonyl (C=O) groups is 1. The van der Waals surface area contributed by atoms with Crippen LogP contribution in [0.15, 0.2) is 12.1 Å². The molecule has 1 atom stereocenters. The minimum absolute atomic E-state index is 0.0816. The van der Waals surface area contributed by atoms with Crippen molar-refractivity contribution in [3.8, 4) is 0 Å². The van der Waals surface area contributed by atoms with Crippen molar-refractivity contribution in [3.63, 3.8) is 0 Å². The lowest BCUT2D eigenvalue weighted by Gasteiger charge is -2.10. The van der Waals surface area contributed by atoms with E-state index in [1.807, 2.05) is 0 Å². The third-order valence-electron chi connectivity index (χ3n) is 2.18. The standard InChI is InChI=1S/C11H13FO3/c1-6-4-8(7(2)13)5-9(12)10(6)11(14)15-3/h4-5,7,13H,1-3H3. The fourth-order valence-corrected chi connectivity index (χ4v) is 1.37. The molecule has 0 saturated heterocycles. The van der Waals surface area contributed by atoms with Gasteiger partial charge < -0.3 is 9.84 Å². The summed E-state index contributed by atoms with van der Waals surface area (Å²) in [5.41, 5.74) is 0.817. The Morgan fingerprint density at radius 2 is 2.13 bits per heavy atom. The molecule has 1 N–H and O–H groups in total. The van der Waals surface area contributed by atoms with Crippen LogP contribution in [0.1, 0.15) is 34.5 Å². The van der Waals surface area contributed by atoms with E-state index in [4.69, 9.17) is 0 Å². The molecule has 0 saturated carbocycles. The normalized spacial score (nSPS) is 12.3. The molecule has 0 aliphatic carbocycles. The van der Waals surface area contributed by atoms with Crippen LogP contribution in [-0.2, 0) is 4.74 Å². The zero-order chi connectivity index (χ0) is 11.6. The summed E-state index contributed by atoms with van der Waals surface area (Å²) >= 11 is 0. The van der Waals surface area contributed by atoms with E-state index in [0.29, 0.717) is 11.1 Å². The lowest BCUT2D eigenvalue weighted by molar-refractivity contribution is 0.0594. The van der Waals surface area contributed by atoms with Crippen LogP contribution < -0.4 is 0 Å². The highest BCUT2D eigenvalue weighted by Crippen LogP contribution is 2.21. The number of methoxy groups -OCH3 is 1. The summed E-state index contributed by atoms with van der Waals surface area (Å²) in [7, 11) is 1.20. The van der Waals surface area contributed by atoms with Gasteiger partial charge >= 0.3 is 5.97 Å². The summed E-state index contributed by atoms with van der Waals surface area (Å²) < 4.78 is 18.0. The largest absolute Gasteiger partial charge is 0.465 e. The Labute approximate surface area is 87.5 Å². The molecule has 0 aromatic heterocycles. The molecule has 1 unspecified atom stereocenters. The van der Waals surface area contributed by atoms with Crippen LogP contribution in [0.25, 0.3) is 0 Å². The third kappa shape index (κ3) is 2.33. The van der Waals surface area contributed by atoms with E-state index in [1.165, 1.54) is 14.0 Å². The summed E-state index contributed by atoms with van der Waals surface area (Å²) in [6.07, 6.45) is -0.759. The van der Waals surface area contributed by atoms with Gasteiger partial charge in [0.15, 0.2) is 0 Å². The summed E-state index contributed by atoms with van der Waals surface area (Å²) in [6, 6.07) is 2.71. The van der Waals surface area contributed by atoms with Crippen LogP contribution in [0.2, 0.25) is 0 Å². The van der Waals surface area contributed by atoms with Crippen LogP contribution >= 0.6 is 0 Å². The van der Waals surface area contributed by atoms with Crippen molar-refractivity contribution in [2.24, 2.45) is 0 Å². The fraction of sp³-hybridized carbons (Fsp3) is 0.364. The Morgan fingerprint density at radius 3 is 2.53 bits per heavy atom. The highest BCUT2D eigenvalue weighted by molar-refractivity contribution is 5.91. The Bertz CT molecular complexity index is 362. The number of benzene rings is 1. The zero-order valence-electron chi connectivity index (χ0n) is 8.87. The first-order valence-corrected chi connectivity index (χ1v) is 4.53. The maximum absolute atomic E-state index is 13.5. The fourth-order valence-electron chi connectivity index (χ4n) is 1.37. The number of hydrogen-bond acceptors (Lipinski definition) is 3. The highest BCUT2D eigenvalue weighted by atomic mass is 19.1. The predicted molar refractivity (Wildman–Crippen MR) is 53.1 cm³/mol. The van der Waals surface area contributed by atoms with Gasteiger partial charge in [-0.2, -0.15) is 0 Å². The maximum atomic E-state index is 13.5. The average Bonchev–Trinajstić information content (AvgIpc) is 2.16. The van der Waals surface area contributed by atoms with E-state index in [-0.39, 0.29) is 5.56 Å². The van der Waals surface area contributed by atoms with Gasteiger partial charge in [0.2, 0.25) is 0 Å². The van der Waals surface area contributed by atoms with Crippen molar-refractivity contribution >= 4 is 5.97 Å². The van der Waals surface area contributed by atoms with Gasteiger partial charge in [-0.1, -0.05) is 6.07 Å². The predicted octanol–water partition coefficient (Wildman–Crippen LogP) is 1.97. The van der Waals surface area contributed by atoms with Gasteiger partial charge in [0.05, 0.1) is 18.8 Å². The molecule has 4 heteroatoms. The van der Waals surface area contributed by atoms with Gasteiger partial charge in [-0.05, 0) is 31.0 Å². The molecule has 0 aliphatic rings. The number of halogens is 1. The maximum Gasteiger partial charge on any atom is 0.341 e. The second-order valence-electron chi connectivity index (χ2n) is 3.36. The van der Waals surface area contributed by atoms with E-state index in [1.54, 1.807) is 13.0 Å². The van der Waals surface area contributed by atoms with E-state index < -0.39 is 17.9 Å². The summed E-state index contributed by atoms with van der Waals surface area (Å²) in [6.45, 7) is 3.13. The molecule has 15 heavy (non-hydrogen) atoms. The van der Waals surface area contributed by atoms with Crippen molar-refractivity contribution in [1.82, 2.24) is 0 Å². The van der Waals surface area contributed by atoms with Crippen LogP contribution in [-0.4, -0.2) is 18.2 Å². The second kappa shape index (κ2) is 4.40. The van der Waals surface area contributed by atoms with Crippen molar-refractivity contribution in [3.05, 3.63) is 34.6 Å². The smallest absolute Gasteiger partial charge is 0.341 e. The molecule has 0 fully saturated rings. The number of hydrogen-bond donors (Lipinski definition) is 1. The van der Waals surface area contributed by atoms with Crippen molar-refractivity contribution in [2.45, 2.75) is 20.0 Å². The molecule has 0 heterocycles. The Kier molecular flexibility index (Phi) is 3.42. The van der Waals surface area contributed by atoms with Crippen molar-refractivity contribution in [1.29, 1.82) is 0 Å². The molecule has 3 nitrogen and oxygen atoms in total. The first kappa shape index (κ1) is 11.7. The Morgan fingerprint density at radius 1 is 1.53 bits per heavy atom. The molecular formula is C11H13FO3. The minimum atomic E-state index is -0.759. The molecule has 0 aliphatic heterocycles. The topological polar surface area (TPSA) is 46.5 Å². The van der Waals surface area contributed by atoms with E-state index in [9.17, 15) is 14.3 Å². The van der Waals surface area contributed by atoms with Gasteiger partial charge in [-0.3, -0.25) is 0 Å². The van der Waals surface area contributed by atoms with E-state index >= 15 is 0 Å². The zero-order valence-corrected chi connectivity index (χ0v) is 8.87. The lowest BCUT2D eigenvalue weighted by Crippen LogP contribution is -2.08. The van der Waals surface area contributed by atoms with Crippen LogP contribution in [0.5, 0.6) is 0 Å². The first-order chi connectivity index (χ1) is 6.97. The monoisotopic (exact) mass is 212 g/mol. The molecule has 0 radical (unpaired) electrons. The highest BCUT2D eigenvalue weighted by Gasteiger charge is 2.17.